The molecule has 0 spiro atoms. The molecular formula is C27H31NO2. The van der Waals surface area contributed by atoms with Crippen LogP contribution in [-0.4, -0.2) is 31.1 Å². The zero-order chi connectivity index (χ0) is 20.6. The summed E-state index contributed by atoms with van der Waals surface area (Å²) in [6, 6.07) is 27.1. The number of hydrogen-bond donors (Lipinski definition) is 0. The average molecular weight is 402 g/mol. The fourth-order valence-corrected chi connectivity index (χ4v) is 4.01. The van der Waals surface area contributed by atoms with E-state index in [0.717, 1.165) is 30.6 Å². The Labute approximate surface area is 180 Å². The fraction of sp³-hybridized carbons (Fsp3) is 0.333. The van der Waals surface area contributed by atoms with Crippen molar-refractivity contribution in [2.75, 3.05) is 26.2 Å². The van der Waals surface area contributed by atoms with Gasteiger partial charge in [0.2, 0.25) is 0 Å². The first-order valence-corrected chi connectivity index (χ1v) is 10.9. The predicted octanol–water partition coefficient (Wildman–Crippen LogP) is 5.52. The van der Waals surface area contributed by atoms with Crippen molar-refractivity contribution >= 4 is 0 Å². The van der Waals surface area contributed by atoms with Gasteiger partial charge >= 0.3 is 0 Å². The molecule has 1 fully saturated rings. The summed E-state index contributed by atoms with van der Waals surface area (Å²) < 4.78 is 11.8. The first kappa shape index (κ1) is 20.5. The summed E-state index contributed by atoms with van der Waals surface area (Å²) in [5.41, 5.74) is 3.96. The second-order valence-corrected chi connectivity index (χ2v) is 8.24. The molecule has 0 amide bonds. The van der Waals surface area contributed by atoms with Gasteiger partial charge in [-0.25, -0.2) is 0 Å². The van der Waals surface area contributed by atoms with E-state index in [0.29, 0.717) is 6.61 Å². The zero-order valence-corrected chi connectivity index (χ0v) is 17.8. The van der Waals surface area contributed by atoms with Crippen molar-refractivity contribution in [1.29, 1.82) is 0 Å². The molecule has 0 aliphatic carbocycles. The fourth-order valence-electron chi connectivity index (χ4n) is 4.01. The van der Waals surface area contributed by atoms with Crippen LogP contribution in [0.2, 0.25) is 0 Å². The molecule has 3 nitrogen and oxygen atoms in total. The maximum atomic E-state index is 5.96. The molecule has 0 bridgehead atoms. The van der Waals surface area contributed by atoms with Crippen LogP contribution < -0.4 is 9.47 Å². The molecular weight excluding hydrogens is 370 g/mol. The molecule has 3 aromatic rings. The van der Waals surface area contributed by atoms with Gasteiger partial charge in [-0.2, -0.15) is 0 Å². The first-order chi connectivity index (χ1) is 14.7. The Morgan fingerprint density at radius 3 is 2.23 bits per heavy atom. The molecule has 1 aliphatic rings. The van der Waals surface area contributed by atoms with Gasteiger partial charge in [-0.15, -0.1) is 0 Å². The molecule has 4 rings (SSSR count). The maximum Gasteiger partial charge on any atom is 0.120 e. The lowest BCUT2D eigenvalue weighted by Crippen LogP contribution is -2.26. The summed E-state index contributed by atoms with van der Waals surface area (Å²) in [5.74, 6) is 2.52. The second-order valence-electron chi connectivity index (χ2n) is 8.24. The summed E-state index contributed by atoms with van der Waals surface area (Å²) >= 11 is 0. The van der Waals surface area contributed by atoms with Crippen molar-refractivity contribution in [3.63, 3.8) is 0 Å². The number of nitrogens with zero attached hydrogens (tertiary/aromatic N) is 1. The highest BCUT2D eigenvalue weighted by atomic mass is 16.5. The van der Waals surface area contributed by atoms with E-state index >= 15 is 0 Å². The van der Waals surface area contributed by atoms with Gasteiger partial charge in [0.1, 0.15) is 24.7 Å². The topological polar surface area (TPSA) is 21.7 Å². The molecule has 0 aromatic heterocycles. The lowest BCUT2D eigenvalue weighted by atomic mass is 9.98. The third kappa shape index (κ3) is 6.11. The van der Waals surface area contributed by atoms with Gasteiger partial charge in [0.05, 0.1) is 0 Å². The van der Waals surface area contributed by atoms with Crippen molar-refractivity contribution < 1.29 is 9.47 Å². The van der Waals surface area contributed by atoms with E-state index in [1.165, 1.54) is 42.6 Å². The van der Waals surface area contributed by atoms with Crippen LogP contribution in [-0.2, 0) is 13.0 Å². The molecule has 30 heavy (non-hydrogen) atoms. The third-order valence-corrected chi connectivity index (χ3v) is 5.76. The molecule has 0 radical (unpaired) electrons. The lowest BCUT2D eigenvalue weighted by molar-refractivity contribution is 0.232. The Bertz CT molecular complexity index is 890. The SMILES string of the molecule is Cc1ccc(CC2CCN(CCOc3ccc(OCc4ccccc4)cc3)C2)cc1. The van der Waals surface area contributed by atoms with E-state index in [2.05, 4.69) is 48.2 Å². The maximum absolute atomic E-state index is 5.96. The number of benzene rings is 3. The Morgan fingerprint density at radius 1 is 0.800 bits per heavy atom. The van der Waals surface area contributed by atoms with E-state index in [9.17, 15) is 0 Å². The minimum absolute atomic E-state index is 0.583. The largest absolute Gasteiger partial charge is 0.492 e. The Kier molecular flexibility index (Phi) is 7.04. The van der Waals surface area contributed by atoms with Crippen LogP contribution in [0.15, 0.2) is 78.9 Å². The summed E-state index contributed by atoms with van der Waals surface area (Å²) in [5, 5.41) is 0. The van der Waals surface area contributed by atoms with Crippen molar-refractivity contribution in [2.24, 2.45) is 5.92 Å². The Hall–Kier alpha value is -2.78. The van der Waals surface area contributed by atoms with Crippen LogP contribution in [0.5, 0.6) is 11.5 Å². The molecule has 1 saturated heterocycles. The van der Waals surface area contributed by atoms with Crippen molar-refractivity contribution in [3.8, 4) is 11.5 Å². The van der Waals surface area contributed by atoms with Gasteiger partial charge in [-0.1, -0.05) is 60.2 Å². The number of likely N-dealkylation sites (tertiary alicyclic amines) is 1. The highest BCUT2D eigenvalue weighted by Gasteiger charge is 2.22. The van der Waals surface area contributed by atoms with Crippen LogP contribution in [0.4, 0.5) is 0 Å². The molecule has 3 heteroatoms. The standard InChI is InChI=1S/C27H31NO2/c1-22-7-9-23(10-8-22)19-25-15-16-28(20-25)17-18-29-26-11-13-27(14-12-26)30-21-24-5-3-2-4-6-24/h2-14,25H,15-21H2,1H3. The molecule has 3 aromatic carbocycles. The molecule has 1 aliphatic heterocycles. The first-order valence-electron chi connectivity index (χ1n) is 10.9. The second kappa shape index (κ2) is 10.3. The van der Waals surface area contributed by atoms with Crippen LogP contribution in [0.3, 0.4) is 0 Å². The summed E-state index contributed by atoms with van der Waals surface area (Å²) in [6.45, 7) is 6.78. The Morgan fingerprint density at radius 2 is 1.50 bits per heavy atom. The smallest absolute Gasteiger partial charge is 0.120 e. The third-order valence-electron chi connectivity index (χ3n) is 5.76. The van der Waals surface area contributed by atoms with E-state index in [-0.39, 0.29) is 0 Å². The van der Waals surface area contributed by atoms with Gasteiger partial charge in [-0.05, 0) is 67.6 Å². The molecule has 0 N–H and O–H groups in total. The van der Waals surface area contributed by atoms with Gasteiger partial charge in [0, 0.05) is 13.1 Å². The Balaban J connectivity index is 1.15. The minimum Gasteiger partial charge on any atom is -0.492 e. The van der Waals surface area contributed by atoms with Crippen LogP contribution in [0, 0.1) is 12.8 Å². The van der Waals surface area contributed by atoms with Gasteiger partial charge in [0.25, 0.3) is 0 Å². The normalized spacial score (nSPS) is 16.5. The highest BCUT2D eigenvalue weighted by molar-refractivity contribution is 5.31. The number of hydrogen-bond acceptors (Lipinski definition) is 3. The van der Waals surface area contributed by atoms with E-state index in [1.54, 1.807) is 0 Å². The van der Waals surface area contributed by atoms with Crippen LogP contribution in [0.1, 0.15) is 23.1 Å². The van der Waals surface area contributed by atoms with Gasteiger partial charge in [-0.3, -0.25) is 4.90 Å². The van der Waals surface area contributed by atoms with E-state index < -0.39 is 0 Å². The minimum atomic E-state index is 0.583. The number of ether oxygens (including phenoxy) is 2. The number of rotatable bonds is 9. The highest BCUT2D eigenvalue weighted by Crippen LogP contribution is 2.22. The zero-order valence-electron chi connectivity index (χ0n) is 17.8. The quantitative estimate of drug-likeness (QED) is 0.471. The van der Waals surface area contributed by atoms with Crippen molar-refractivity contribution in [3.05, 3.63) is 95.6 Å². The van der Waals surface area contributed by atoms with Crippen molar-refractivity contribution in [2.45, 2.75) is 26.4 Å². The summed E-state index contributed by atoms with van der Waals surface area (Å²) in [7, 11) is 0. The lowest BCUT2D eigenvalue weighted by Gasteiger charge is -2.17. The molecule has 1 unspecified atom stereocenters. The summed E-state index contributed by atoms with van der Waals surface area (Å²) in [6.07, 6.45) is 2.46. The van der Waals surface area contributed by atoms with Gasteiger partial charge < -0.3 is 9.47 Å². The molecule has 0 saturated carbocycles. The van der Waals surface area contributed by atoms with Crippen LogP contribution in [0.25, 0.3) is 0 Å². The van der Waals surface area contributed by atoms with Gasteiger partial charge in [0.15, 0.2) is 0 Å². The average Bonchev–Trinajstić information content (AvgIpc) is 3.23. The van der Waals surface area contributed by atoms with E-state index in [1.807, 2.05) is 42.5 Å². The monoisotopic (exact) mass is 401 g/mol. The van der Waals surface area contributed by atoms with E-state index in [4.69, 9.17) is 9.47 Å². The summed E-state index contributed by atoms with van der Waals surface area (Å²) in [4.78, 5) is 2.52. The molecule has 1 atom stereocenters. The molecule has 1 heterocycles. The predicted molar refractivity (Wildman–Crippen MR) is 122 cm³/mol. The molecule has 156 valence electrons. The van der Waals surface area contributed by atoms with Crippen LogP contribution >= 0.6 is 0 Å². The van der Waals surface area contributed by atoms with Crippen molar-refractivity contribution in [1.82, 2.24) is 4.90 Å². The number of aryl methyl sites for hydroxylation is 1.